The molecule has 0 bridgehead atoms. The van der Waals surface area contributed by atoms with Crippen molar-refractivity contribution in [1.29, 1.82) is 0 Å². The number of hydrogen-bond donors (Lipinski definition) is 3. The van der Waals surface area contributed by atoms with Gasteiger partial charge in [0.1, 0.15) is 11.4 Å². The second-order valence-corrected chi connectivity index (χ2v) is 20.1. The van der Waals surface area contributed by atoms with Crippen molar-refractivity contribution in [2.75, 3.05) is 56.0 Å². The average Bonchev–Trinajstić information content (AvgIpc) is 3.82. The van der Waals surface area contributed by atoms with Gasteiger partial charge in [0.25, 0.3) is 17.7 Å². The summed E-state index contributed by atoms with van der Waals surface area (Å²) in [4.78, 5) is 74.4. The summed E-state index contributed by atoms with van der Waals surface area (Å²) >= 11 is 0. The topological polar surface area (TPSA) is 173 Å². The number of rotatable bonds is 13. The first-order chi connectivity index (χ1) is 31.6. The highest BCUT2D eigenvalue weighted by Crippen LogP contribution is 2.44. The molecule has 5 amide bonds. The van der Waals surface area contributed by atoms with Crippen molar-refractivity contribution in [2.24, 2.45) is 5.41 Å². The van der Waals surface area contributed by atoms with Gasteiger partial charge in [0.15, 0.2) is 0 Å². The van der Waals surface area contributed by atoms with Crippen LogP contribution in [-0.2, 0) is 21.4 Å². The molecule has 1 unspecified atom stereocenters. The Morgan fingerprint density at radius 1 is 0.910 bits per heavy atom. The summed E-state index contributed by atoms with van der Waals surface area (Å²) in [6.07, 6.45) is 3.97. The first-order valence-electron chi connectivity index (χ1n) is 23.2. The summed E-state index contributed by atoms with van der Waals surface area (Å²) in [7, 11) is 0. The number of alkyl halides is 3. The van der Waals surface area contributed by atoms with Crippen molar-refractivity contribution in [3.63, 3.8) is 0 Å². The molecule has 4 aromatic rings. The van der Waals surface area contributed by atoms with Crippen LogP contribution in [0.5, 0.6) is 0 Å². The lowest BCUT2D eigenvalue weighted by molar-refractivity contribution is -0.141. The van der Waals surface area contributed by atoms with Crippen LogP contribution in [0.15, 0.2) is 54.7 Å². The third-order valence-electron chi connectivity index (χ3n) is 14.6. The fourth-order valence-corrected chi connectivity index (χ4v) is 10.6. The van der Waals surface area contributed by atoms with Gasteiger partial charge in [-0.2, -0.15) is 18.3 Å². The normalized spacial score (nSPS) is 19.2. The van der Waals surface area contributed by atoms with Crippen molar-refractivity contribution in [1.82, 2.24) is 34.8 Å². The maximum atomic E-state index is 13.4. The minimum Gasteiger partial charge on any atom is -0.386 e. The number of aliphatic hydroxyl groups is 1. The van der Waals surface area contributed by atoms with Crippen LogP contribution in [0.25, 0.3) is 10.9 Å². The molecule has 358 valence electrons. The van der Waals surface area contributed by atoms with Gasteiger partial charge >= 0.3 is 6.18 Å². The number of nitrogens with one attached hydrogen (secondary N) is 2. The maximum absolute atomic E-state index is 13.4. The van der Waals surface area contributed by atoms with E-state index in [1.165, 1.54) is 11.0 Å². The molecule has 4 aliphatic rings. The molecule has 0 radical (unpaired) electrons. The largest absolute Gasteiger partial charge is 0.433 e. The molecular weight excluding hydrogens is 868 g/mol. The molecule has 0 saturated carbocycles. The SMILES string of the molecule is CC(CCC(=O)NC=O)N1C(=O)c2ccc(N3CCC4(CC3)CCN(C(C)(C)CN3CCC(n5cc6cc(NC(=O)c7cccc(C(F)(F)F)n7)c(C(C)(C)O)cc6n5)CC3)CC4)cc2C1=O. The number of likely N-dealkylation sites (tertiary alicyclic amines) is 2. The number of nitrogens with zero attached hydrogens (tertiary/aromatic N) is 7. The lowest BCUT2D eigenvalue weighted by Crippen LogP contribution is -2.57. The van der Waals surface area contributed by atoms with Crippen LogP contribution in [0, 0.1) is 5.41 Å². The van der Waals surface area contributed by atoms with Crippen LogP contribution < -0.4 is 15.5 Å². The van der Waals surface area contributed by atoms with E-state index < -0.39 is 41.0 Å². The standard InChI is InChI=1S/C49H60F3N9O6/c1-31(9-12-42(63)53-30-62)61-44(65)35-11-10-34(26-36(35)45(61)66)58-21-15-48(16-22-58)17-23-59(24-18-48)46(2,3)29-57-19-13-33(14-20-57)60-28-32-25-40(37(47(4,5)67)27-39(32)56-60)55-43(64)38-7-6-8-41(54-38)49(50,51)52/h6-8,10-11,25-28,30-31,33,67H,9,12-24,29H2,1-5H3,(H,55,64)(H,53,62,63). The van der Waals surface area contributed by atoms with E-state index in [2.05, 4.69) is 44.2 Å². The fourth-order valence-electron chi connectivity index (χ4n) is 10.6. The highest BCUT2D eigenvalue weighted by Gasteiger charge is 2.43. The van der Waals surface area contributed by atoms with Gasteiger partial charge in [-0.15, -0.1) is 0 Å². The number of halogens is 3. The number of benzene rings is 2. The Bertz CT molecular complexity index is 2540. The number of anilines is 2. The summed E-state index contributed by atoms with van der Waals surface area (Å²) in [5.41, 5.74) is 0.270. The molecule has 3 N–H and O–H groups in total. The number of pyridine rings is 1. The zero-order valence-electron chi connectivity index (χ0n) is 38.8. The molecule has 1 spiro atoms. The van der Waals surface area contributed by atoms with E-state index in [0.717, 1.165) is 108 Å². The molecule has 4 aliphatic heterocycles. The molecule has 3 fully saturated rings. The Labute approximate surface area is 388 Å². The van der Waals surface area contributed by atoms with E-state index in [9.17, 15) is 42.3 Å². The van der Waals surface area contributed by atoms with Crippen LogP contribution >= 0.6 is 0 Å². The van der Waals surface area contributed by atoms with Gasteiger partial charge in [-0.05, 0) is 141 Å². The maximum Gasteiger partial charge on any atom is 0.433 e. The van der Waals surface area contributed by atoms with Crippen molar-refractivity contribution in [3.05, 3.63) is 82.8 Å². The molecule has 3 saturated heterocycles. The highest BCUT2D eigenvalue weighted by atomic mass is 19.4. The van der Waals surface area contributed by atoms with Crippen molar-refractivity contribution in [3.8, 4) is 0 Å². The summed E-state index contributed by atoms with van der Waals surface area (Å²) in [5, 5.41) is 21.4. The second kappa shape index (κ2) is 18.4. The van der Waals surface area contributed by atoms with Gasteiger partial charge < -0.3 is 20.2 Å². The average molecular weight is 928 g/mol. The van der Waals surface area contributed by atoms with Crippen molar-refractivity contribution < 1.29 is 42.3 Å². The molecule has 15 nitrogen and oxygen atoms in total. The number of fused-ring (bicyclic) bond motifs is 2. The molecule has 2 aromatic heterocycles. The highest BCUT2D eigenvalue weighted by molar-refractivity contribution is 6.22. The summed E-state index contributed by atoms with van der Waals surface area (Å²) in [6, 6.07) is 11.7. The third-order valence-corrected chi connectivity index (χ3v) is 14.6. The van der Waals surface area contributed by atoms with Gasteiger partial charge in [0.2, 0.25) is 12.3 Å². The lowest BCUT2D eigenvalue weighted by Gasteiger charge is -2.52. The van der Waals surface area contributed by atoms with E-state index in [1.54, 1.807) is 39.0 Å². The van der Waals surface area contributed by atoms with Gasteiger partial charge in [-0.25, -0.2) is 4.98 Å². The number of imide groups is 2. The van der Waals surface area contributed by atoms with Gasteiger partial charge in [0.05, 0.1) is 28.3 Å². The molecule has 6 heterocycles. The van der Waals surface area contributed by atoms with Gasteiger partial charge in [-0.1, -0.05) is 6.07 Å². The molecule has 8 rings (SSSR count). The van der Waals surface area contributed by atoms with E-state index in [1.807, 2.05) is 23.0 Å². The van der Waals surface area contributed by atoms with Crippen LogP contribution in [0.3, 0.4) is 0 Å². The van der Waals surface area contributed by atoms with Gasteiger partial charge in [0, 0.05) is 79.2 Å². The Balaban J connectivity index is 0.825. The predicted molar refractivity (Wildman–Crippen MR) is 245 cm³/mol. The molecule has 18 heteroatoms. The van der Waals surface area contributed by atoms with Crippen LogP contribution in [0.2, 0.25) is 0 Å². The molecule has 2 aromatic carbocycles. The van der Waals surface area contributed by atoms with E-state index >= 15 is 0 Å². The minimum atomic E-state index is -4.70. The monoisotopic (exact) mass is 927 g/mol. The van der Waals surface area contributed by atoms with Crippen molar-refractivity contribution >= 4 is 52.3 Å². The second-order valence-electron chi connectivity index (χ2n) is 20.1. The smallest absolute Gasteiger partial charge is 0.386 e. The number of aromatic nitrogens is 3. The summed E-state index contributed by atoms with van der Waals surface area (Å²) in [6.45, 7) is 16.1. The van der Waals surface area contributed by atoms with Crippen molar-refractivity contribution in [2.45, 2.75) is 115 Å². The van der Waals surface area contributed by atoms with E-state index in [0.29, 0.717) is 28.6 Å². The minimum absolute atomic E-state index is 0.0281. The van der Waals surface area contributed by atoms with Crippen LogP contribution in [-0.4, -0.2) is 122 Å². The fraction of sp³-hybridized carbons (Fsp3) is 0.531. The number of carbonyl (C=O) groups is 5. The number of piperidine rings is 3. The molecular formula is C49H60F3N9O6. The van der Waals surface area contributed by atoms with E-state index in [4.69, 9.17) is 5.10 Å². The Kier molecular flexibility index (Phi) is 13.1. The van der Waals surface area contributed by atoms with Crippen LogP contribution in [0.4, 0.5) is 24.5 Å². The number of carbonyl (C=O) groups excluding carboxylic acids is 5. The van der Waals surface area contributed by atoms with Crippen LogP contribution in [0.1, 0.15) is 134 Å². The zero-order valence-corrected chi connectivity index (χ0v) is 38.8. The zero-order chi connectivity index (χ0) is 48.1. The lowest BCUT2D eigenvalue weighted by atomic mass is 9.70. The summed E-state index contributed by atoms with van der Waals surface area (Å²) < 4.78 is 41.9. The third kappa shape index (κ3) is 10.1. The van der Waals surface area contributed by atoms with E-state index in [-0.39, 0.29) is 47.3 Å². The van der Waals surface area contributed by atoms with Gasteiger partial charge in [-0.3, -0.25) is 43.8 Å². The Morgan fingerprint density at radius 3 is 2.24 bits per heavy atom. The number of hydrogen-bond acceptors (Lipinski definition) is 11. The quantitative estimate of drug-likeness (QED) is 0.0955. The molecule has 67 heavy (non-hydrogen) atoms. The molecule has 0 aliphatic carbocycles. The predicted octanol–water partition coefficient (Wildman–Crippen LogP) is 6.77. The molecule has 1 atom stereocenters. The Morgan fingerprint density at radius 2 is 1.58 bits per heavy atom. The summed E-state index contributed by atoms with van der Waals surface area (Å²) in [5.74, 6) is -1.98. The first kappa shape index (κ1) is 47.8. The number of amides is 5. The first-order valence-corrected chi connectivity index (χ1v) is 23.2. The Hall–Kier alpha value is -5.72.